The van der Waals surface area contributed by atoms with Crippen LogP contribution in [0, 0.1) is 6.92 Å². The summed E-state index contributed by atoms with van der Waals surface area (Å²) in [7, 11) is 3.57. The van der Waals surface area contributed by atoms with Gasteiger partial charge in [0.1, 0.15) is 11.6 Å². The first kappa shape index (κ1) is 17.7. The Morgan fingerprint density at radius 1 is 1.40 bits per heavy atom. The molecule has 3 rings (SSSR count). The Kier molecular flexibility index (Phi) is 5.27. The quantitative estimate of drug-likeness (QED) is 0.926. The summed E-state index contributed by atoms with van der Waals surface area (Å²) in [6.45, 7) is 7.18. The number of methoxy groups -OCH3 is 1. The lowest BCUT2D eigenvalue weighted by Crippen LogP contribution is -2.42. The Labute approximate surface area is 149 Å². The van der Waals surface area contributed by atoms with Crippen LogP contribution in [0.3, 0.4) is 0 Å². The highest BCUT2D eigenvalue weighted by atomic mass is 16.5. The summed E-state index contributed by atoms with van der Waals surface area (Å²) >= 11 is 0. The minimum atomic E-state index is -0.0787. The van der Waals surface area contributed by atoms with Crippen molar-refractivity contribution in [3.63, 3.8) is 0 Å². The van der Waals surface area contributed by atoms with E-state index in [2.05, 4.69) is 22.1 Å². The Bertz CT molecular complexity index is 768. The second-order valence-electron chi connectivity index (χ2n) is 6.82. The molecule has 0 bridgehead atoms. The number of imidazole rings is 1. The van der Waals surface area contributed by atoms with E-state index in [1.807, 2.05) is 30.7 Å². The highest BCUT2D eigenvalue weighted by molar-refractivity contribution is 6.00. The van der Waals surface area contributed by atoms with Crippen molar-refractivity contribution in [3.8, 4) is 5.75 Å². The van der Waals surface area contributed by atoms with Crippen LogP contribution in [0.4, 0.5) is 0 Å². The first-order chi connectivity index (χ1) is 12.0. The number of benzene rings is 1. The third-order valence-corrected chi connectivity index (χ3v) is 5.21. The van der Waals surface area contributed by atoms with Crippen LogP contribution in [0.25, 0.3) is 11.0 Å². The number of nitrogens with one attached hydrogen (secondary N) is 1. The van der Waals surface area contributed by atoms with E-state index in [1.54, 1.807) is 7.11 Å². The molecule has 1 aromatic heterocycles. The lowest BCUT2D eigenvalue weighted by atomic mass is 10.1. The smallest absolute Gasteiger partial charge is 0.255 e. The van der Waals surface area contributed by atoms with Gasteiger partial charge in [-0.1, -0.05) is 13.3 Å². The zero-order chi connectivity index (χ0) is 18.0. The summed E-state index contributed by atoms with van der Waals surface area (Å²) in [4.78, 5) is 19.8. The number of hydrogen-bond acceptors (Lipinski definition) is 4. The average Bonchev–Trinajstić information content (AvgIpc) is 2.78. The van der Waals surface area contributed by atoms with Gasteiger partial charge in [-0.2, -0.15) is 0 Å². The SMILES string of the molecule is CCN1CCCCC(NC(=O)c2cc3nc(C)n(C)c3cc2OC)C1. The highest BCUT2D eigenvalue weighted by Crippen LogP contribution is 2.26. The maximum Gasteiger partial charge on any atom is 0.255 e. The van der Waals surface area contributed by atoms with Gasteiger partial charge >= 0.3 is 0 Å². The molecule has 1 aliphatic rings. The highest BCUT2D eigenvalue weighted by Gasteiger charge is 2.22. The molecule has 0 spiro atoms. The van der Waals surface area contributed by atoms with Gasteiger partial charge in [0.05, 0.1) is 23.7 Å². The molecule has 2 aromatic rings. The number of carbonyl (C=O) groups is 1. The van der Waals surface area contributed by atoms with Gasteiger partial charge in [0, 0.05) is 25.7 Å². The molecule has 1 atom stereocenters. The van der Waals surface area contributed by atoms with Crippen molar-refractivity contribution in [1.82, 2.24) is 19.8 Å². The molecular formula is C19H28N4O2. The lowest BCUT2D eigenvalue weighted by Gasteiger charge is -2.23. The molecule has 136 valence electrons. The molecule has 1 unspecified atom stereocenters. The summed E-state index contributed by atoms with van der Waals surface area (Å²) in [6, 6.07) is 3.92. The molecule has 6 heteroatoms. The molecule has 1 fully saturated rings. The fourth-order valence-corrected chi connectivity index (χ4v) is 3.57. The second kappa shape index (κ2) is 7.44. The Morgan fingerprint density at radius 2 is 2.20 bits per heavy atom. The number of fused-ring (bicyclic) bond motifs is 1. The molecule has 1 amide bonds. The molecule has 1 N–H and O–H groups in total. The maximum absolute atomic E-state index is 12.9. The van der Waals surface area contributed by atoms with Crippen molar-refractivity contribution in [2.75, 3.05) is 26.7 Å². The van der Waals surface area contributed by atoms with Gasteiger partial charge in [-0.15, -0.1) is 0 Å². The standard InChI is InChI=1S/C19H28N4O2/c1-5-23-9-7-6-8-14(12-23)21-19(24)15-10-16-17(11-18(15)25-4)22(3)13(2)20-16/h10-11,14H,5-9,12H2,1-4H3,(H,21,24). The summed E-state index contributed by atoms with van der Waals surface area (Å²) < 4.78 is 7.49. The van der Waals surface area contributed by atoms with E-state index in [4.69, 9.17) is 4.74 Å². The van der Waals surface area contributed by atoms with Crippen LogP contribution in [0.1, 0.15) is 42.4 Å². The van der Waals surface area contributed by atoms with Crippen molar-refractivity contribution in [3.05, 3.63) is 23.5 Å². The second-order valence-corrected chi connectivity index (χ2v) is 6.82. The zero-order valence-electron chi connectivity index (χ0n) is 15.6. The number of nitrogens with zero attached hydrogens (tertiary/aromatic N) is 3. The third kappa shape index (κ3) is 3.63. The maximum atomic E-state index is 12.9. The van der Waals surface area contributed by atoms with E-state index in [-0.39, 0.29) is 11.9 Å². The minimum absolute atomic E-state index is 0.0787. The normalized spacial score (nSPS) is 19.0. The number of likely N-dealkylation sites (tertiary alicyclic amines) is 1. The molecule has 0 aliphatic carbocycles. The molecule has 6 nitrogen and oxygen atoms in total. The van der Waals surface area contributed by atoms with Crippen molar-refractivity contribution in [1.29, 1.82) is 0 Å². The lowest BCUT2D eigenvalue weighted by molar-refractivity contribution is 0.0924. The number of rotatable bonds is 4. The molecule has 1 saturated heterocycles. The molecular weight excluding hydrogens is 316 g/mol. The number of carbonyl (C=O) groups excluding carboxylic acids is 1. The van der Waals surface area contributed by atoms with Crippen LogP contribution >= 0.6 is 0 Å². The van der Waals surface area contributed by atoms with Crippen LogP contribution in [-0.4, -0.2) is 53.1 Å². The van der Waals surface area contributed by atoms with E-state index >= 15 is 0 Å². The Balaban J connectivity index is 1.85. The van der Waals surface area contributed by atoms with Crippen molar-refractivity contribution < 1.29 is 9.53 Å². The van der Waals surface area contributed by atoms with Gasteiger partial charge in [0.2, 0.25) is 0 Å². The summed E-state index contributed by atoms with van der Waals surface area (Å²) in [5.41, 5.74) is 2.35. The number of amides is 1. The third-order valence-electron chi connectivity index (χ3n) is 5.21. The number of aryl methyl sites for hydroxylation is 2. The Hall–Kier alpha value is -2.08. The van der Waals surface area contributed by atoms with Crippen LogP contribution in [0.15, 0.2) is 12.1 Å². The molecule has 1 aliphatic heterocycles. The van der Waals surface area contributed by atoms with Gasteiger partial charge in [0.25, 0.3) is 5.91 Å². The van der Waals surface area contributed by atoms with E-state index in [0.717, 1.165) is 49.3 Å². The van der Waals surface area contributed by atoms with E-state index in [9.17, 15) is 4.79 Å². The fraction of sp³-hybridized carbons (Fsp3) is 0.579. The van der Waals surface area contributed by atoms with Gasteiger partial charge in [-0.3, -0.25) is 4.79 Å². The first-order valence-corrected chi connectivity index (χ1v) is 9.07. The monoisotopic (exact) mass is 344 g/mol. The molecule has 0 saturated carbocycles. The average molecular weight is 344 g/mol. The fourth-order valence-electron chi connectivity index (χ4n) is 3.57. The van der Waals surface area contributed by atoms with Crippen LogP contribution in [-0.2, 0) is 7.05 Å². The van der Waals surface area contributed by atoms with Gasteiger partial charge < -0.3 is 19.5 Å². The van der Waals surface area contributed by atoms with Gasteiger partial charge in [0.15, 0.2) is 0 Å². The molecule has 1 aromatic carbocycles. The number of hydrogen-bond donors (Lipinski definition) is 1. The number of likely N-dealkylation sites (N-methyl/N-ethyl adjacent to an activating group) is 1. The topological polar surface area (TPSA) is 59.4 Å². The van der Waals surface area contributed by atoms with Crippen molar-refractivity contribution >= 4 is 16.9 Å². The molecule has 2 heterocycles. The number of aromatic nitrogens is 2. The molecule has 25 heavy (non-hydrogen) atoms. The van der Waals surface area contributed by atoms with E-state index in [1.165, 1.54) is 6.42 Å². The predicted octanol–water partition coefficient (Wildman–Crippen LogP) is 2.49. The van der Waals surface area contributed by atoms with Gasteiger partial charge in [-0.05, 0) is 38.9 Å². The van der Waals surface area contributed by atoms with Crippen molar-refractivity contribution in [2.24, 2.45) is 7.05 Å². The van der Waals surface area contributed by atoms with Crippen LogP contribution < -0.4 is 10.1 Å². The van der Waals surface area contributed by atoms with E-state index in [0.29, 0.717) is 11.3 Å². The molecule has 0 radical (unpaired) electrons. The summed E-state index contributed by atoms with van der Waals surface area (Å²) in [5.74, 6) is 1.43. The minimum Gasteiger partial charge on any atom is -0.496 e. The number of ether oxygens (including phenoxy) is 1. The van der Waals surface area contributed by atoms with Crippen LogP contribution in [0.2, 0.25) is 0 Å². The van der Waals surface area contributed by atoms with Gasteiger partial charge in [-0.25, -0.2) is 4.98 Å². The van der Waals surface area contributed by atoms with E-state index < -0.39 is 0 Å². The van der Waals surface area contributed by atoms with Crippen molar-refractivity contribution in [2.45, 2.75) is 39.2 Å². The van der Waals surface area contributed by atoms with Crippen LogP contribution in [0.5, 0.6) is 5.75 Å². The zero-order valence-corrected chi connectivity index (χ0v) is 15.6. The summed E-state index contributed by atoms with van der Waals surface area (Å²) in [6.07, 6.45) is 3.37. The predicted molar refractivity (Wildman–Crippen MR) is 99.2 cm³/mol. The Morgan fingerprint density at radius 3 is 2.92 bits per heavy atom. The largest absolute Gasteiger partial charge is 0.496 e. The summed E-state index contributed by atoms with van der Waals surface area (Å²) in [5, 5.41) is 3.21. The first-order valence-electron chi connectivity index (χ1n) is 9.07.